The highest BCUT2D eigenvalue weighted by Crippen LogP contribution is 2.46. The fraction of sp³-hybridized carbons (Fsp3) is 0.308. The number of allylic oxidation sites excluding steroid dienone is 2. The fourth-order valence-electron chi connectivity index (χ4n) is 5.05. The lowest BCUT2D eigenvalue weighted by Crippen LogP contribution is -2.22. The van der Waals surface area contributed by atoms with Crippen LogP contribution in [0.5, 0.6) is 11.8 Å². The first-order valence-corrected chi connectivity index (χ1v) is 11.9. The number of hydrogen-bond donors (Lipinski definition) is 4. The third-order valence-corrected chi connectivity index (χ3v) is 6.64. The molecule has 4 heterocycles. The van der Waals surface area contributed by atoms with E-state index in [0.717, 1.165) is 59.3 Å². The number of benzene rings is 1. The minimum Gasteiger partial charge on any atom is -0.420 e. The highest BCUT2D eigenvalue weighted by Gasteiger charge is 2.37. The molecule has 0 unspecified atom stereocenters. The Balaban J connectivity index is 1.61. The van der Waals surface area contributed by atoms with Crippen molar-refractivity contribution in [1.82, 2.24) is 20.4 Å². The normalized spacial score (nSPS) is 18.6. The van der Waals surface area contributed by atoms with Crippen molar-refractivity contribution < 1.29 is 9.47 Å². The monoisotopic (exact) mass is 482 g/mol. The van der Waals surface area contributed by atoms with Gasteiger partial charge in [0, 0.05) is 22.5 Å². The first kappa shape index (κ1) is 23.1. The van der Waals surface area contributed by atoms with Gasteiger partial charge in [-0.15, -0.1) is 10.2 Å². The van der Waals surface area contributed by atoms with Crippen molar-refractivity contribution in [2.75, 3.05) is 0 Å². The number of nitrogens with one attached hydrogen (secondary N) is 2. The van der Waals surface area contributed by atoms with E-state index in [2.05, 4.69) is 46.4 Å². The fourth-order valence-corrected chi connectivity index (χ4v) is 5.05. The van der Waals surface area contributed by atoms with Crippen molar-refractivity contribution in [3.05, 3.63) is 80.8 Å². The highest BCUT2D eigenvalue weighted by molar-refractivity contribution is 5.58. The summed E-state index contributed by atoms with van der Waals surface area (Å²) in [4.78, 5) is 0. The summed E-state index contributed by atoms with van der Waals surface area (Å²) in [7, 11) is 0. The van der Waals surface area contributed by atoms with Gasteiger partial charge >= 0.3 is 0 Å². The van der Waals surface area contributed by atoms with E-state index in [4.69, 9.17) is 20.9 Å². The summed E-state index contributed by atoms with van der Waals surface area (Å²) in [5.74, 6) is 0.0462. The molecule has 0 fully saturated rings. The molecule has 3 aromatic rings. The number of nitrogens with two attached hydrogens (primary N) is 2. The van der Waals surface area contributed by atoms with Crippen LogP contribution in [-0.2, 0) is 12.8 Å². The molecular formula is C26H26N8O2. The van der Waals surface area contributed by atoms with Crippen LogP contribution in [0, 0.1) is 22.7 Å². The molecule has 10 nitrogen and oxygen atoms in total. The van der Waals surface area contributed by atoms with Crippen LogP contribution in [-0.4, -0.2) is 20.4 Å². The highest BCUT2D eigenvalue weighted by atomic mass is 16.5. The Morgan fingerprint density at radius 1 is 0.778 bits per heavy atom. The van der Waals surface area contributed by atoms with E-state index in [1.807, 2.05) is 24.3 Å². The smallest absolute Gasteiger partial charge is 0.244 e. The zero-order chi connectivity index (χ0) is 25.4. The van der Waals surface area contributed by atoms with Crippen LogP contribution in [0.15, 0.2) is 47.2 Å². The van der Waals surface area contributed by atoms with Crippen molar-refractivity contribution in [1.29, 1.82) is 10.5 Å². The van der Waals surface area contributed by atoms with Gasteiger partial charge in [-0.3, -0.25) is 10.2 Å². The maximum absolute atomic E-state index is 9.92. The van der Waals surface area contributed by atoms with Gasteiger partial charge in [0.05, 0.1) is 11.8 Å². The molecule has 0 bridgehead atoms. The molecule has 2 atom stereocenters. The maximum Gasteiger partial charge on any atom is 0.244 e. The molecule has 6 N–H and O–H groups in total. The second-order valence-electron chi connectivity index (χ2n) is 8.86. The molecule has 36 heavy (non-hydrogen) atoms. The minimum absolute atomic E-state index is 0.0489. The van der Waals surface area contributed by atoms with E-state index in [1.54, 1.807) is 0 Å². The molecule has 10 heteroatoms. The topological polar surface area (TPSA) is 175 Å². The van der Waals surface area contributed by atoms with Crippen LogP contribution in [0.25, 0.3) is 0 Å². The number of hydrogen-bond acceptors (Lipinski definition) is 8. The van der Waals surface area contributed by atoms with Gasteiger partial charge in [0.2, 0.25) is 23.5 Å². The second-order valence-corrected chi connectivity index (χ2v) is 8.86. The third kappa shape index (κ3) is 3.55. The van der Waals surface area contributed by atoms with Gasteiger partial charge < -0.3 is 20.9 Å². The van der Waals surface area contributed by atoms with Crippen molar-refractivity contribution in [2.45, 2.75) is 51.4 Å². The van der Waals surface area contributed by atoms with E-state index in [-0.39, 0.29) is 11.8 Å². The lowest BCUT2D eigenvalue weighted by Gasteiger charge is -2.26. The van der Waals surface area contributed by atoms with Gasteiger partial charge in [0.1, 0.15) is 23.3 Å². The number of fused-ring (bicyclic) bond motifs is 2. The second kappa shape index (κ2) is 9.16. The third-order valence-electron chi connectivity index (χ3n) is 6.64. The predicted octanol–water partition coefficient (Wildman–Crippen LogP) is 3.47. The molecular weight excluding hydrogens is 456 g/mol. The van der Waals surface area contributed by atoms with Crippen molar-refractivity contribution in [3.63, 3.8) is 0 Å². The van der Waals surface area contributed by atoms with Crippen LogP contribution in [0.2, 0.25) is 0 Å². The van der Waals surface area contributed by atoms with E-state index in [0.29, 0.717) is 22.9 Å². The summed E-state index contributed by atoms with van der Waals surface area (Å²) < 4.78 is 11.3. The van der Waals surface area contributed by atoms with Gasteiger partial charge in [-0.2, -0.15) is 10.5 Å². The summed E-state index contributed by atoms with van der Waals surface area (Å²) in [6.45, 7) is 4.15. The number of nitriles is 2. The Bertz CT molecular complexity index is 1350. The zero-order valence-electron chi connectivity index (χ0n) is 20.1. The molecule has 0 aliphatic carbocycles. The molecule has 1 aromatic carbocycles. The average Bonchev–Trinajstić information content (AvgIpc) is 3.46. The zero-order valence-corrected chi connectivity index (χ0v) is 20.1. The molecule has 182 valence electrons. The summed E-state index contributed by atoms with van der Waals surface area (Å²) in [5.41, 5.74) is 18.1. The van der Waals surface area contributed by atoms with E-state index in [1.165, 1.54) is 0 Å². The first-order valence-electron chi connectivity index (χ1n) is 11.9. The van der Waals surface area contributed by atoms with Crippen LogP contribution >= 0.6 is 0 Å². The molecule has 2 aliphatic heterocycles. The number of ether oxygens (including phenoxy) is 2. The van der Waals surface area contributed by atoms with Crippen molar-refractivity contribution >= 4 is 0 Å². The van der Waals surface area contributed by atoms with Gasteiger partial charge in [0.25, 0.3) is 0 Å². The molecule has 2 aliphatic rings. The van der Waals surface area contributed by atoms with Gasteiger partial charge in [-0.05, 0) is 24.0 Å². The number of aryl methyl sites for hydroxylation is 2. The molecule has 0 spiro atoms. The van der Waals surface area contributed by atoms with Gasteiger partial charge in [0.15, 0.2) is 0 Å². The number of nitrogens with zero attached hydrogens (tertiary/aromatic N) is 4. The number of H-pyrrole nitrogens is 2. The van der Waals surface area contributed by atoms with Gasteiger partial charge in [-0.25, -0.2) is 0 Å². The summed E-state index contributed by atoms with van der Waals surface area (Å²) in [6.07, 6.45) is 3.34. The van der Waals surface area contributed by atoms with E-state index < -0.39 is 11.8 Å². The van der Waals surface area contributed by atoms with Crippen molar-refractivity contribution in [3.8, 4) is 23.9 Å². The number of rotatable bonds is 6. The minimum atomic E-state index is -0.418. The average molecular weight is 483 g/mol. The van der Waals surface area contributed by atoms with Crippen LogP contribution < -0.4 is 20.9 Å². The molecule has 5 rings (SSSR count). The lowest BCUT2D eigenvalue weighted by molar-refractivity contribution is 0.378. The van der Waals surface area contributed by atoms with Crippen LogP contribution in [0.1, 0.15) is 72.2 Å². The summed E-state index contributed by atoms with van der Waals surface area (Å²) in [6, 6.07) is 12.2. The molecule has 2 aromatic heterocycles. The Hall–Kier alpha value is -4.70. The number of aromatic nitrogens is 4. The Kier molecular flexibility index (Phi) is 5.87. The summed E-state index contributed by atoms with van der Waals surface area (Å²) in [5, 5.41) is 34.5. The first-order chi connectivity index (χ1) is 17.5. The summed E-state index contributed by atoms with van der Waals surface area (Å²) >= 11 is 0. The quantitative estimate of drug-likeness (QED) is 0.413. The van der Waals surface area contributed by atoms with E-state index in [9.17, 15) is 10.5 Å². The molecule has 0 radical (unpaired) electrons. The van der Waals surface area contributed by atoms with E-state index >= 15 is 0 Å². The predicted molar refractivity (Wildman–Crippen MR) is 130 cm³/mol. The molecule has 0 amide bonds. The Labute approximate surface area is 208 Å². The van der Waals surface area contributed by atoms with Crippen LogP contribution in [0.3, 0.4) is 0 Å². The maximum atomic E-state index is 9.92. The Morgan fingerprint density at radius 3 is 1.50 bits per heavy atom. The van der Waals surface area contributed by atoms with Crippen LogP contribution in [0.4, 0.5) is 0 Å². The lowest BCUT2D eigenvalue weighted by atomic mass is 9.80. The molecule has 0 saturated heterocycles. The van der Waals surface area contributed by atoms with Gasteiger partial charge in [-0.1, -0.05) is 51.0 Å². The SMILES string of the molecule is CCCc1[nH]nc2c1[C@H](c1ccc([C@@H]3C(C#N)=C(N)Oc4n[nH]c(CCC)c43)cc1)C(C#N)=C(N)O2. The van der Waals surface area contributed by atoms with Crippen molar-refractivity contribution in [2.24, 2.45) is 11.5 Å². The standard InChI is InChI=1S/C26H26N8O2/c1-3-5-17-21-19(15(11-27)23(29)35-25(21)33-31-17)13-7-9-14(10-8-13)20-16(12-28)24(30)36-26-22(20)18(6-4-2)32-34-26/h7-10,19-20H,3-6,29-30H2,1-2H3,(H,31,33)(H,32,34)/t19-,20-/m1/s1. The molecule has 0 saturated carbocycles. The largest absolute Gasteiger partial charge is 0.420 e. The Morgan fingerprint density at radius 2 is 1.17 bits per heavy atom. The number of aromatic amines is 2.